The van der Waals surface area contributed by atoms with Gasteiger partial charge in [0.25, 0.3) is 5.91 Å². The quantitative estimate of drug-likeness (QED) is 0.798. The van der Waals surface area contributed by atoms with E-state index in [2.05, 4.69) is 5.32 Å². The lowest BCUT2D eigenvalue weighted by molar-refractivity contribution is 0.102. The van der Waals surface area contributed by atoms with Gasteiger partial charge in [-0.25, -0.2) is 0 Å². The van der Waals surface area contributed by atoms with Crippen molar-refractivity contribution >= 4 is 63.4 Å². The molecule has 0 bridgehead atoms. The Morgan fingerprint density at radius 1 is 1.22 bits per heavy atom. The van der Waals surface area contributed by atoms with Gasteiger partial charge in [-0.1, -0.05) is 34.8 Å². The number of hydrogen-bond donors (Lipinski definition) is 2. The minimum Gasteiger partial charge on any atom is -0.399 e. The molecule has 3 nitrogen and oxygen atoms in total. The van der Waals surface area contributed by atoms with Crippen LogP contribution in [0.25, 0.3) is 0 Å². The molecule has 0 atom stereocenters. The Kier molecular flexibility index (Phi) is 4.02. The van der Waals surface area contributed by atoms with Gasteiger partial charge in [-0.3, -0.25) is 4.79 Å². The zero-order valence-corrected chi connectivity index (χ0v) is 11.9. The number of nitrogen functional groups attached to an aromatic ring is 1. The lowest BCUT2D eigenvalue weighted by Gasteiger charge is -2.07. The van der Waals surface area contributed by atoms with Crippen molar-refractivity contribution in [1.29, 1.82) is 0 Å². The summed E-state index contributed by atoms with van der Waals surface area (Å²) in [7, 11) is 0. The van der Waals surface area contributed by atoms with E-state index in [1.807, 2.05) is 0 Å². The largest absolute Gasteiger partial charge is 0.399 e. The number of nitrogens with one attached hydrogen (secondary N) is 1. The highest BCUT2D eigenvalue weighted by Gasteiger charge is 2.15. The van der Waals surface area contributed by atoms with Crippen LogP contribution < -0.4 is 11.1 Å². The van der Waals surface area contributed by atoms with Gasteiger partial charge in [-0.2, -0.15) is 0 Å². The van der Waals surface area contributed by atoms with Gasteiger partial charge in [-0.05, 0) is 24.3 Å². The predicted molar refractivity (Wildman–Crippen MR) is 78.2 cm³/mol. The third-order valence-electron chi connectivity index (χ3n) is 2.14. The molecule has 0 saturated carbocycles. The second-order valence-electron chi connectivity index (χ2n) is 3.43. The number of benzene rings is 1. The van der Waals surface area contributed by atoms with E-state index in [1.165, 1.54) is 6.07 Å². The van der Waals surface area contributed by atoms with Crippen LogP contribution in [0, 0.1) is 0 Å². The molecule has 1 aromatic heterocycles. The van der Waals surface area contributed by atoms with Crippen LogP contribution in [-0.4, -0.2) is 5.91 Å². The maximum atomic E-state index is 12.0. The summed E-state index contributed by atoms with van der Waals surface area (Å²) in [6, 6.07) is 6.33. The smallest absolute Gasteiger partial charge is 0.258 e. The first-order chi connectivity index (χ1) is 8.47. The van der Waals surface area contributed by atoms with E-state index in [0.29, 0.717) is 30.6 Å². The first-order valence-corrected chi connectivity index (χ1v) is 6.73. The summed E-state index contributed by atoms with van der Waals surface area (Å²) in [5.41, 5.74) is 6.87. The number of thiophene rings is 1. The van der Waals surface area contributed by atoms with Gasteiger partial charge in [0.2, 0.25) is 0 Å². The molecule has 0 radical (unpaired) electrons. The molecule has 0 aliphatic heterocycles. The number of anilines is 2. The van der Waals surface area contributed by atoms with Crippen molar-refractivity contribution in [3.05, 3.63) is 43.5 Å². The molecular weight excluding hydrogens is 315 g/mol. The zero-order chi connectivity index (χ0) is 13.3. The van der Waals surface area contributed by atoms with Crippen molar-refractivity contribution in [2.45, 2.75) is 0 Å². The summed E-state index contributed by atoms with van der Waals surface area (Å²) < 4.78 is 0.779. The van der Waals surface area contributed by atoms with Crippen molar-refractivity contribution in [2.75, 3.05) is 11.1 Å². The maximum Gasteiger partial charge on any atom is 0.258 e. The number of nitrogens with two attached hydrogens (primary N) is 1. The average Bonchev–Trinajstić information content (AvgIpc) is 2.63. The highest BCUT2D eigenvalue weighted by molar-refractivity contribution is 7.20. The molecule has 7 heteroatoms. The highest BCUT2D eigenvalue weighted by atomic mass is 35.5. The summed E-state index contributed by atoms with van der Waals surface area (Å²) >= 11 is 18.7. The molecule has 1 amide bonds. The van der Waals surface area contributed by atoms with E-state index < -0.39 is 0 Å². The second-order valence-corrected chi connectivity index (χ2v) is 6.12. The zero-order valence-electron chi connectivity index (χ0n) is 8.84. The van der Waals surface area contributed by atoms with Crippen LogP contribution in [0.3, 0.4) is 0 Å². The van der Waals surface area contributed by atoms with Gasteiger partial charge in [0.1, 0.15) is 4.34 Å². The van der Waals surface area contributed by atoms with Crippen molar-refractivity contribution in [3.8, 4) is 0 Å². The molecule has 18 heavy (non-hydrogen) atoms. The lowest BCUT2D eigenvalue weighted by atomic mass is 10.2. The fourth-order valence-electron chi connectivity index (χ4n) is 1.32. The van der Waals surface area contributed by atoms with Crippen LogP contribution in [0.1, 0.15) is 10.4 Å². The monoisotopic (exact) mass is 320 g/mol. The van der Waals surface area contributed by atoms with Gasteiger partial charge in [0.15, 0.2) is 0 Å². The molecule has 1 heterocycles. The average molecular weight is 322 g/mol. The van der Waals surface area contributed by atoms with Gasteiger partial charge >= 0.3 is 0 Å². The van der Waals surface area contributed by atoms with Crippen LogP contribution in [0.2, 0.25) is 13.7 Å². The van der Waals surface area contributed by atoms with Crippen molar-refractivity contribution in [2.24, 2.45) is 0 Å². The topological polar surface area (TPSA) is 55.1 Å². The van der Waals surface area contributed by atoms with Crippen LogP contribution in [0.4, 0.5) is 11.4 Å². The molecule has 0 unspecified atom stereocenters. The molecule has 3 N–H and O–H groups in total. The van der Waals surface area contributed by atoms with Crippen molar-refractivity contribution in [3.63, 3.8) is 0 Å². The molecule has 0 aliphatic carbocycles. The maximum absolute atomic E-state index is 12.0. The van der Waals surface area contributed by atoms with Gasteiger partial charge in [-0.15, -0.1) is 11.3 Å². The number of hydrogen-bond acceptors (Lipinski definition) is 3. The number of carbonyl (C=O) groups excluding carboxylic acids is 1. The van der Waals surface area contributed by atoms with E-state index in [4.69, 9.17) is 40.5 Å². The van der Waals surface area contributed by atoms with E-state index in [0.717, 1.165) is 11.3 Å². The standard InChI is InChI=1S/C11H7Cl3N2OS/c12-7-2-1-5(15)3-8(7)16-11(17)6-4-9(13)18-10(6)14/h1-4H,15H2,(H,16,17). The van der Waals surface area contributed by atoms with E-state index in [9.17, 15) is 4.79 Å². The first kappa shape index (κ1) is 13.5. The summed E-state index contributed by atoms with van der Waals surface area (Å²) in [6.45, 7) is 0. The van der Waals surface area contributed by atoms with Gasteiger partial charge in [0.05, 0.1) is 20.6 Å². The van der Waals surface area contributed by atoms with Gasteiger partial charge in [0, 0.05) is 5.69 Å². The fraction of sp³-hybridized carbons (Fsp3) is 0. The summed E-state index contributed by atoms with van der Waals surface area (Å²) in [4.78, 5) is 12.0. The molecule has 1 aromatic carbocycles. The molecular formula is C11H7Cl3N2OS. The summed E-state index contributed by atoms with van der Waals surface area (Å²) in [6.07, 6.45) is 0. The first-order valence-electron chi connectivity index (χ1n) is 4.78. The Morgan fingerprint density at radius 2 is 1.94 bits per heavy atom. The molecule has 0 saturated heterocycles. The van der Waals surface area contributed by atoms with Crippen molar-refractivity contribution < 1.29 is 4.79 Å². The number of rotatable bonds is 2. The Hall–Kier alpha value is -0.940. The van der Waals surface area contributed by atoms with Crippen LogP contribution in [-0.2, 0) is 0 Å². The molecule has 0 aliphatic rings. The normalized spacial score (nSPS) is 10.4. The molecule has 0 fully saturated rings. The molecule has 2 rings (SSSR count). The predicted octanol–water partition coefficient (Wildman–Crippen LogP) is 4.54. The minimum absolute atomic E-state index is 0.310. The van der Waals surface area contributed by atoms with Crippen molar-refractivity contribution in [1.82, 2.24) is 0 Å². The Labute approximate surface area is 122 Å². The third-order valence-corrected chi connectivity index (χ3v) is 3.96. The van der Waals surface area contributed by atoms with Gasteiger partial charge < -0.3 is 11.1 Å². The fourth-order valence-corrected chi connectivity index (χ4v) is 2.95. The van der Waals surface area contributed by atoms with E-state index >= 15 is 0 Å². The SMILES string of the molecule is Nc1ccc(Cl)c(NC(=O)c2cc(Cl)sc2Cl)c1. The van der Waals surface area contributed by atoms with E-state index in [-0.39, 0.29) is 5.91 Å². The van der Waals surface area contributed by atoms with Crippen LogP contribution in [0.15, 0.2) is 24.3 Å². The number of amides is 1. The second kappa shape index (κ2) is 5.36. The van der Waals surface area contributed by atoms with Crippen LogP contribution in [0.5, 0.6) is 0 Å². The molecule has 0 spiro atoms. The Bertz CT molecular complexity index is 612. The molecule has 94 valence electrons. The Balaban J connectivity index is 2.26. The highest BCUT2D eigenvalue weighted by Crippen LogP contribution is 2.32. The third kappa shape index (κ3) is 2.90. The number of carbonyl (C=O) groups is 1. The van der Waals surface area contributed by atoms with E-state index in [1.54, 1.807) is 18.2 Å². The van der Waals surface area contributed by atoms with Crippen LogP contribution >= 0.6 is 46.1 Å². The summed E-state index contributed by atoms with van der Waals surface area (Å²) in [5.74, 6) is -0.379. The summed E-state index contributed by atoms with van der Waals surface area (Å²) in [5, 5.41) is 3.03. The number of halogens is 3. The minimum atomic E-state index is -0.379. The lowest BCUT2D eigenvalue weighted by Crippen LogP contribution is -2.11. The molecule has 2 aromatic rings. The Morgan fingerprint density at radius 3 is 2.56 bits per heavy atom.